The largest absolute Gasteiger partial charge is 0.546 e. The lowest BCUT2D eigenvalue weighted by Gasteiger charge is -2.09. The van der Waals surface area contributed by atoms with Gasteiger partial charge in [-0.15, -0.1) is 5.10 Å². The van der Waals surface area contributed by atoms with Gasteiger partial charge < -0.3 is 24.5 Å². The summed E-state index contributed by atoms with van der Waals surface area (Å²) in [6.07, 6.45) is 2.02. The molecule has 0 saturated carbocycles. The van der Waals surface area contributed by atoms with E-state index >= 15 is 0 Å². The number of H-pyrrole nitrogens is 1. The number of carboxylic acids is 2. The van der Waals surface area contributed by atoms with Crippen molar-refractivity contribution < 1.29 is 24.5 Å². The highest BCUT2D eigenvalue weighted by Gasteiger charge is 2.08. The second-order valence-electron chi connectivity index (χ2n) is 4.55. The van der Waals surface area contributed by atoms with E-state index in [9.17, 15) is 19.8 Å². The summed E-state index contributed by atoms with van der Waals surface area (Å²) in [6.45, 7) is 1.30. The summed E-state index contributed by atoms with van der Waals surface area (Å²) < 4.78 is 5.00. The Morgan fingerprint density at radius 1 is 1.38 bits per heavy atom. The third-order valence-electron chi connectivity index (χ3n) is 2.76. The summed E-state index contributed by atoms with van der Waals surface area (Å²) in [6, 6.07) is 6.30. The molecule has 0 unspecified atom stereocenters. The molecule has 2 aromatic rings. The van der Waals surface area contributed by atoms with Crippen LogP contribution in [0.3, 0.4) is 0 Å². The van der Waals surface area contributed by atoms with Gasteiger partial charge in [0.1, 0.15) is 18.2 Å². The standard InChI is InChI=1S/C15H15N3O5S/c1-2-12-16-15(18-17-12)24-11(14(21)22)7-9-4-3-5-10(6-9)23-8-13(19)20/h3-7H,2,8H2,1H3,(H,19,20)(H,21,22)(H,16,17,18)/p-2/b11-7-. The van der Waals surface area contributed by atoms with Gasteiger partial charge in [-0.2, -0.15) is 0 Å². The first-order chi connectivity index (χ1) is 11.5. The van der Waals surface area contributed by atoms with E-state index in [4.69, 9.17) is 4.74 Å². The molecule has 1 heterocycles. The van der Waals surface area contributed by atoms with Gasteiger partial charge >= 0.3 is 0 Å². The first kappa shape index (κ1) is 17.5. The van der Waals surface area contributed by atoms with Gasteiger partial charge in [0.25, 0.3) is 0 Å². The van der Waals surface area contributed by atoms with Crippen LogP contribution < -0.4 is 14.9 Å². The molecule has 0 spiro atoms. The molecule has 0 aliphatic carbocycles. The van der Waals surface area contributed by atoms with E-state index in [2.05, 4.69) is 15.2 Å². The summed E-state index contributed by atoms with van der Waals surface area (Å²) in [5.74, 6) is -1.79. The van der Waals surface area contributed by atoms with Crippen molar-refractivity contribution >= 4 is 29.8 Å². The van der Waals surface area contributed by atoms with Crippen LogP contribution >= 0.6 is 11.8 Å². The Morgan fingerprint density at radius 3 is 2.79 bits per heavy atom. The molecule has 0 fully saturated rings. The Bertz CT molecular complexity index is 772. The lowest BCUT2D eigenvalue weighted by molar-refractivity contribution is -0.307. The first-order valence-electron chi connectivity index (χ1n) is 6.92. The van der Waals surface area contributed by atoms with E-state index in [1.165, 1.54) is 12.1 Å². The molecule has 0 saturated heterocycles. The number of hydrogen-bond donors (Lipinski definition) is 1. The quantitative estimate of drug-likeness (QED) is 0.494. The molecule has 2 rings (SSSR count). The van der Waals surface area contributed by atoms with Gasteiger partial charge in [0, 0.05) is 11.3 Å². The zero-order valence-electron chi connectivity index (χ0n) is 12.6. The molecule has 0 aliphatic rings. The number of aromatic amines is 1. The number of thioether (sulfide) groups is 1. The van der Waals surface area contributed by atoms with Crippen molar-refractivity contribution in [3.8, 4) is 5.75 Å². The predicted molar refractivity (Wildman–Crippen MR) is 81.5 cm³/mol. The summed E-state index contributed by atoms with van der Waals surface area (Å²) in [7, 11) is 0. The third-order valence-corrected chi connectivity index (χ3v) is 3.63. The number of ether oxygens (including phenoxy) is 1. The van der Waals surface area contributed by atoms with Gasteiger partial charge in [0.05, 0.1) is 11.9 Å². The molecular formula is C15H13N3O5S-2. The highest BCUT2D eigenvalue weighted by molar-refractivity contribution is 8.04. The molecule has 8 nitrogen and oxygen atoms in total. The average molecular weight is 347 g/mol. The molecule has 0 bridgehead atoms. The summed E-state index contributed by atoms with van der Waals surface area (Å²) >= 11 is 0.853. The van der Waals surface area contributed by atoms with Crippen molar-refractivity contribution in [3.63, 3.8) is 0 Å². The highest BCUT2D eigenvalue weighted by atomic mass is 32.2. The molecule has 1 aromatic heterocycles. The zero-order valence-corrected chi connectivity index (χ0v) is 13.5. The molecule has 24 heavy (non-hydrogen) atoms. The van der Waals surface area contributed by atoms with Gasteiger partial charge in [0.2, 0.25) is 5.16 Å². The van der Waals surface area contributed by atoms with E-state index in [0.717, 1.165) is 11.8 Å². The monoisotopic (exact) mass is 347 g/mol. The van der Waals surface area contributed by atoms with Crippen molar-refractivity contribution in [2.75, 3.05) is 6.61 Å². The fourth-order valence-electron chi connectivity index (χ4n) is 1.70. The second-order valence-corrected chi connectivity index (χ2v) is 5.56. The number of aryl methyl sites for hydroxylation is 1. The first-order valence-corrected chi connectivity index (χ1v) is 7.74. The van der Waals surface area contributed by atoms with Crippen LogP contribution in [0, 0.1) is 0 Å². The molecule has 9 heteroatoms. The zero-order chi connectivity index (χ0) is 17.5. The van der Waals surface area contributed by atoms with Crippen molar-refractivity contribution in [1.82, 2.24) is 15.2 Å². The minimum atomic E-state index is -1.37. The molecule has 1 aromatic carbocycles. The number of nitrogens with one attached hydrogen (secondary N) is 1. The molecule has 1 N–H and O–H groups in total. The number of aromatic nitrogens is 3. The van der Waals surface area contributed by atoms with Crippen molar-refractivity contribution in [1.29, 1.82) is 0 Å². The number of hydrogen-bond acceptors (Lipinski definition) is 8. The van der Waals surface area contributed by atoms with E-state index in [-0.39, 0.29) is 15.8 Å². The number of benzene rings is 1. The van der Waals surface area contributed by atoms with Gasteiger partial charge in [-0.3, -0.25) is 5.10 Å². The van der Waals surface area contributed by atoms with Gasteiger partial charge in [0.15, 0.2) is 0 Å². The van der Waals surface area contributed by atoms with Crippen LogP contribution in [0.25, 0.3) is 6.08 Å². The lowest BCUT2D eigenvalue weighted by atomic mass is 10.2. The molecule has 126 valence electrons. The fraction of sp³-hybridized carbons (Fsp3) is 0.200. The number of rotatable bonds is 8. The molecular weight excluding hydrogens is 334 g/mol. The number of carbonyl (C=O) groups excluding carboxylic acids is 2. The lowest BCUT2D eigenvalue weighted by Crippen LogP contribution is -2.28. The van der Waals surface area contributed by atoms with Crippen LogP contribution in [0.2, 0.25) is 0 Å². The minimum Gasteiger partial charge on any atom is -0.546 e. The van der Waals surface area contributed by atoms with Gasteiger partial charge in [-0.25, -0.2) is 4.98 Å². The maximum absolute atomic E-state index is 11.3. The van der Waals surface area contributed by atoms with E-state index in [1.54, 1.807) is 18.2 Å². The van der Waals surface area contributed by atoms with Crippen LogP contribution in [0.15, 0.2) is 34.3 Å². The maximum Gasteiger partial charge on any atom is 0.213 e. The van der Waals surface area contributed by atoms with Crippen LogP contribution in [-0.2, 0) is 16.0 Å². The number of aliphatic carboxylic acids is 2. The Kier molecular flexibility index (Phi) is 5.96. The van der Waals surface area contributed by atoms with E-state index in [1.807, 2.05) is 6.92 Å². The highest BCUT2D eigenvalue weighted by Crippen LogP contribution is 2.26. The normalized spacial score (nSPS) is 11.3. The Labute approximate surface area is 141 Å². The number of nitrogens with zero attached hydrogens (tertiary/aromatic N) is 2. The van der Waals surface area contributed by atoms with Crippen LogP contribution in [-0.4, -0.2) is 33.7 Å². The number of carboxylic acid groups (broad SMARTS) is 2. The number of carbonyl (C=O) groups is 2. The van der Waals surface area contributed by atoms with Crippen molar-refractivity contribution in [2.45, 2.75) is 18.5 Å². The van der Waals surface area contributed by atoms with E-state index < -0.39 is 18.5 Å². The molecule has 0 radical (unpaired) electrons. The average Bonchev–Trinajstić information content (AvgIpc) is 3.00. The second kappa shape index (κ2) is 8.16. The maximum atomic E-state index is 11.3. The van der Waals surface area contributed by atoms with Gasteiger partial charge in [-0.05, 0) is 35.5 Å². The Morgan fingerprint density at radius 2 is 2.17 bits per heavy atom. The van der Waals surface area contributed by atoms with Gasteiger partial charge in [-0.1, -0.05) is 19.1 Å². The van der Waals surface area contributed by atoms with Crippen molar-refractivity contribution in [2.24, 2.45) is 0 Å². The van der Waals surface area contributed by atoms with Crippen LogP contribution in [0.1, 0.15) is 18.3 Å². The Hall–Kier alpha value is -2.81. The summed E-state index contributed by atoms with van der Waals surface area (Å²) in [5.41, 5.74) is 0.504. The summed E-state index contributed by atoms with van der Waals surface area (Å²) in [5, 5.41) is 28.6. The van der Waals surface area contributed by atoms with Crippen molar-refractivity contribution in [3.05, 3.63) is 40.6 Å². The van der Waals surface area contributed by atoms with E-state index in [0.29, 0.717) is 17.8 Å². The topological polar surface area (TPSA) is 131 Å². The smallest absolute Gasteiger partial charge is 0.213 e. The molecule has 0 atom stereocenters. The van der Waals surface area contributed by atoms with Crippen LogP contribution in [0.4, 0.5) is 0 Å². The molecule has 0 amide bonds. The fourth-order valence-corrected chi connectivity index (χ4v) is 2.42. The Balaban J connectivity index is 2.19. The summed E-state index contributed by atoms with van der Waals surface area (Å²) in [4.78, 5) is 25.7. The SMILES string of the molecule is CCc1nc(S/C(=C\c2cccc(OCC(=O)[O-])c2)C(=O)[O-])n[nH]1. The molecule has 0 aliphatic heterocycles. The predicted octanol–water partition coefficient (Wildman–Crippen LogP) is -0.621. The third kappa shape index (κ3) is 5.13. The van der Waals surface area contributed by atoms with Crippen LogP contribution in [0.5, 0.6) is 5.75 Å². The minimum absolute atomic E-state index is 0.0892.